The third kappa shape index (κ3) is 4.33. The number of carbonyl (C=O) groups is 1. The van der Waals surface area contributed by atoms with Gasteiger partial charge < -0.3 is 15.2 Å². The van der Waals surface area contributed by atoms with Gasteiger partial charge in [-0.15, -0.1) is 0 Å². The lowest BCUT2D eigenvalue weighted by molar-refractivity contribution is -0.161. The summed E-state index contributed by atoms with van der Waals surface area (Å²) in [5, 5.41) is 8.06. The number of hydrogen-bond acceptors (Lipinski definition) is 5. The Kier molecular flexibility index (Phi) is 5.90. The van der Waals surface area contributed by atoms with Crippen molar-refractivity contribution >= 4 is 16.9 Å². The van der Waals surface area contributed by atoms with Crippen molar-refractivity contribution in [1.29, 1.82) is 0 Å². The lowest BCUT2D eigenvalue weighted by atomic mass is 9.81. The molecule has 0 spiro atoms. The van der Waals surface area contributed by atoms with Crippen LogP contribution < -0.4 is 10.5 Å². The van der Waals surface area contributed by atoms with Gasteiger partial charge >= 0.3 is 5.97 Å². The summed E-state index contributed by atoms with van der Waals surface area (Å²) in [5.74, 6) is 0.464. The third-order valence-electron chi connectivity index (χ3n) is 5.02. The molecule has 30 heavy (non-hydrogen) atoms. The molecule has 6 heteroatoms. The predicted molar refractivity (Wildman–Crippen MR) is 120 cm³/mol. The zero-order chi connectivity index (χ0) is 22.1. The van der Waals surface area contributed by atoms with E-state index in [4.69, 9.17) is 15.2 Å². The van der Waals surface area contributed by atoms with Crippen molar-refractivity contribution in [2.45, 2.75) is 58.7 Å². The Bertz CT molecular complexity index is 1030. The van der Waals surface area contributed by atoms with Crippen molar-refractivity contribution in [1.82, 2.24) is 10.2 Å². The van der Waals surface area contributed by atoms with Gasteiger partial charge in [-0.2, -0.15) is 5.10 Å². The number of fused-ring (bicyclic) bond motifs is 1. The van der Waals surface area contributed by atoms with E-state index in [9.17, 15) is 4.79 Å². The zero-order valence-corrected chi connectivity index (χ0v) is 18.6. The summed E-state index contributed by atoms with van der Waals surface area (Å²) >= 11 is 0. The second kappa shape index (κ2) is 8.11. The van der Waals surface area contributed by atoms with Crippen LogP contribution in [0.1, 0.15) is 47.1 Å². The summed E-state index contributed by atoms with van der Waals surface area (Å²) in [6.07, 6.45) is 1.80. The van der Waals surface area contributed by atoms with E-state index in [1.54, 1.807) is 6.20 Å². The molecule has 0 saturated heterocycles. The average molecular weight is 410 g/mol. The number of nitrogens with zero attached hydrogens (tertiary/aromatic N) is 1. The van der Waals surface area contributed by atoms with E-state index in [-0.39, 0.29) is 18.6 Å². The molecule has 0 bridgehead atoms. The van der Waals surface area contributed by atoms with Crippen LogP contribution in [0.25, 0.3) is 22.0 Å². The molecule has 0 aliphatic carbocycles. The first kappa shape index (κ1) is 21.8. The molecule has 3 rings (SSSR count). The zero-order valence-electron chi connectivity index (χ0n) is 18.6. The molecule has 3 aromatic rings. The van der Waals surface area contributed by atoms with Gasteiger partial charge in [0.1, 0.15) is 16.8 Å². The normalized spacial score (nSPS) is 14.0. The minimum Gasteiger partial charge on any atom is -0.490 e. The van der Waals surface area contributed by atoms with Gasteiger partial charge in [-0.25, -0.2) is 0 Å². The molecule has 160 valence electrons. The molecule has 6 nitrogen and oxygen atoms in total. The highest BCUT2D eigenvalue weighted by molar-refractivity contribution is 5.93. The van der Waals surface area contributed by atoms with Gasteiger partial charge in [-0.1, -0.05) is 24.3 Å². The van der Waals surface area contributed by atoms with Crippen molar-refractivity contribution in [3.8, 4) is 16.9 Å². The van der Waals surface area contributed by atoms with Crippen LogP contribution >= 0.6 is 0 Å². The van der Waals surface area contributed by atoms with Crippen LogP contribution in [0.15, 0.2) is 42.6 Å². The summed E-state index contributed by atoms with van der Waals surface area (Å²) in [7, 11) is 0. The topological polar surface area (TPSA) is 90.2 Å². The summed E-state index contributed by atoms with van der Waals surface area (Å²) in [6.45, 7) is 11.5. The molecule has 0 radical (unpaired) electrons. The van der Waals surface area contributed by atoms with Crippen LogP contribution in [-0.4, -0.2) is 34.4 Å². The summed E-state index contributed by atoms with van der Waals surface area (Å²) in [5.41, 5.74) is 8.21. The highest BCUT2D eigenvalue weighted by Crippen LogP contribution is 2.38. The molecule has 0 aliphatic rings. The number of esters is 1. The van der Waals surface area contributed by atoms with Crippen molar-refractivity contribution < 1.29 is 14.3 Å². The van der Waals surface area contributed by atoms with E-state index in [2.05, 4.69) is 10.2 Å². The van der Waals surface area contributed by atoms with Crippen molar-refractivity contribution in [2.75, 3.05) is 6.54 Å². The molecule has 1 heterocycles. The second-order valence-electron chi connectivity index (χ2n) is 9.06. The van der Waals surface area contributed by atoms with Gasteiger partial charge in [0.05, 0.1) is 23.2 Å². The summed E-state index contributed by atoms with van der Waals surface area (Å²) < 4.78 is 11.7. The first-order chi connectivity index (χ1) is 14.0. The third-order valence-corrected chi connectivity index (χ3v) is 5.02. The molecule has 1 aromatic heterocycles. The fourth-order valence-electron chi connectivity index (χ4n) is 3.31. The number of nitrogens with two attached hydrogens (primary N) is 1. The number of rotatable bonds is 6. The number of hydrogen-bond donors (Lipinski definition) is 2. The molecule has 1 unspecified atom stereocenters. The number of carbonyl (C=O) groups excluding carboxylic acids is 1. The Labute approximate surface area is 177 Å². The number of ether oxygens (including phenoxy) is 2. The lowest BCUT2D eigenvalue weighted by Crippen LogP contribution is -2.44. The van der Waals surface area contributed by atoms with Crippen LogP contribution in [0.2, 0.25) is 0 Å². The SMILES string of the molecule is CC(C)Oc1c(-c2ccc(C(C)(CN)C(=O)OC(C)(C)C)cc2)ccc2[nH]ncc12. The molecule has 0 amide bonds. The van der Waals surface area contributed by atoms with Gasteiger partial charge in [0.25, 0.3) is 0 Å². The molecule has 2 aromatic carbocycles. The molecular weight excluding hydrogens is 378 g/mol. The minimum absolute atomic E-state index is 0.0243. The fourth-order valence-corrected chi connectivity index (χ4v) is 3.31. The average Bonchev–Trinajstić information content (AvgIpc) is 3.15. The van der Waals surface area contributed by atoms with Crippen LogP contribution in [0.5, 0.6) is 5.75 Å². The fraction of sp³-hybridized carbons (Fsp3) is 0.417. The van der Waals surface area contributed by atoms with E-state index < -0.39 is 11.0 Å². The monoisotopic (exact) mass is 409 g/mol. The van der Waals surface area contributed by atoms with Crippen LogP contribution in [0.3, 0.4) is 0 Å². The van der Waals surface area contributed by atoms with Gasteiger partial charge in [0, 0.05) is 12.1 Å². The molecule has 0 saturated carbocycles. The van der Waals surface area contributed by atoms with E-state index >= 15 is 0 Å². The number of nitrogens with one attached hydrogen (secondary N) is 1. The first-order valence-corrected chi connectivity index (χ1v) is 10.2. The Balaban J connectivity index is 2.00. The smallest absolute Gasteiger partial charge is 0.318 e. The second-order valence-corrected chi connectivity index (χ2v) is 9.06. The summed E-state index contributed by atoms with van der Waals surface area (Å²) in [6, 6.07) is 11.9. The first-order valence-electron chi connectivity index (χ1n) is 10.2. The molecule has 3 N–H and O–H groups in total. The van der Waals surface area contributed by atoms with Gasteiger partial charge in [-0.3, -0.25) is 9.89 Å². The van der Waals surface area contributed by atoms with Crippen LogP contribution in [0.4, 0.5) is 0 Å². The predicted octanol–water partition coefficient (Wildman–Crippen LogP) is 4.58. The quantitative estimate of drug-likeness (QED) is 0.582. The van der Waals surface area contributed by atoms with Crippen LogP contribution in [0, 0.1) is 0 Å². The van der Waals surface area contributed by atoms with E-state index in [0.717, 1.165) is 33.3 Å². The highest BCUT2D eigenvalue weighted by Gasteiger charge is 2.37. The number of aromatic amines is 1. The Morgan fingerprint density at radius 1 is 1.10 bits per heavy atom. The summed E-state index contributed by atoms with van der Waals surface area (Å²) in [4.78, 5) is 12.8. The van der Waals surface area contributed by atoms with Crippen molar-refractivity contribution in [3.63, 3.8) is 0 Å². The van der Waals surface area contributed by atoms with Crippen LogP contribution in [-0.2, 0) is 14.9 Å². The Hall–Kier alpha value is -2.86. The molecule has 0 aliphatic heterocycles. The minimum atomic E-state index is -0.919. The maximum Gasteiger partial charge on any atom is 0.318 e. The number of benzene rings is 2. The van der Waals surface area contributed by atoms with E-state index in [1.165, 1.54) is 0 Å². The number of H-pyrrole nitrogens is 1. The molecular formula is C24H31N3O3. The van der Waals surface area contributed by atoms with Crippen molar-refractivity contribution in [3.05, 3.63) is 48.2 Å². The van der Waals surface area contributed by atoms with Gasteiger partial charge in [0.2, 0.25) is 0 Å². The maximum absolute atomic E-state index is 12.8. The maximum atomic E-state index is 12.8. The lowest BCUT2D eigenvalue weighted by Gasteiger charge is -2.31. The number of aromatic nitrogens is 2. The highest BCUT2D eigenvalue weighted by atomic mass is 16.6. The molecule has 0 fully saturated rings. The molecule has 1 atom stereocenters. The largest absolute Gasteiger partial charge is 0.490 e. The van der Waals surface area contributed by atoms with Crippen molar-refractivity contribution in [2.24, 2.45) is 5.73 Å². The standard InChI is InChI=1S/C24H31N3O3/c1-15(2)29-21-18(11-12-20-19(21)13-26-27-20)16-7-9-17(10-8-16)24(6,14-25)22(28)30-23(3,4)5/h7-13,15H,14,25H2,1-6H3,(H,26,27). The van der Waals surface area contributed by atoms with Gasteiger partial charge in [0.15, 0.2) is 0 Å². The Morgan fingerprint density at radius 3 is 2.33 bits per heavy atom. The Morgan fingerprint density at radius 2 is 1.77 bits per heavy atom. The van der Waals surface area contributed by atoms with E-state index in [0.29, 0.717) is 0 Å². The van der Waals surface area contributed by atoms with E-state index in [1.807, 2.05) is 77.9 Å². The van der Waals surface area contributed by atoms with Gasteiger partial charge in [-0.05, 0) is 64.8 Å².